The van der Waals surface area contributed by atoms with E-state index in [-0.39, 0.29) is 17.2 Å². The Morgan fingerprint density at radius 1 is 1.23 bits per heavy atom. The van der Waals surface area contributed by atoms with Gasteiger partial charge in [-0.25, -0.2) is 13.4 Å². The lowest BCUT2D eigenvalue weighted by atomic mass is 9.79. The van der Waals surface area contributed by atoms with E-state index in [1.807, 2.05) is 17.5 Å². The maximum absolute atomic E-state index is 12.8. The van der Waals surface area contributed by atoms with Crippen molar-refractivity contribution in [3.63, 3.8) is 0 Å². The molecule has 2 saturated carbocycles. The predicted octanol–water partition coefficient (Wildman–Crippen LogP) is 3.63. The molecule has 1 aromatic carbocycles. The molecule has 1 N–H and O–H groups in total. The van der Waals surface area contributed by atoms with Gasteiger partial charge in [0, 0.05) is 29.2 Å². The molecule has 2 aliphatic rings. The van der Waals surface area contributed by atoms with Gasteiger partial charge in [-0.3, -0.25) is 4.79 Å². The van der Waals surface area contributed by atoms with E-state index in [1.54, 1.807) is 18.3 Å². The van der Waals surface area contributed by atoms with Gasteiger partial charge in [0.15, 0.2) is 15.0 Å². The molecule has 0 saturated heterocycles. The number of nitrogens with one attached hydrogen (secondary N) is 1. The van der Waals surface area contributed by atoms with Gasteiger partial charge in [0.25, 0.3) is 0 Å². The van der Waals surface area contributed by atoms with Gasteiger partial charge in [0.2, 0.25) is 5.91 Å². The first-order valence-electron chi connectivity index (χ1n) is 8.92. The number of rotatable bonds is 5. The van der Waals surface area contributed by atoms with E-state index in [1.165, 1.54) is 30.4 Å². The summed E-state index contributed by atoms with van der Waals surface area (Å²) in [7, 11) is -3.21. The van der Waals surface area contributed by atoms with Crippen LogP contribution in [0, 0.1) is 11.8 Å². The third-order valence-electron chi connectivity index (χ3n) is 5.89. The van der Waals surface area contributed by atoms with Crippen molar-refractivity contribution in [3.05, 3.63) is 41.4 Å². The van der Waals surface area contributed by atoms with E-state index in [9.17, 15) is 13.2 Å². The first kappa shape index (κ1) is 17.7. The van der Waals surface area contributed by atoms with E-state index in [0.29, 0.717) is 15.9 Å². The number of benzene rings is 1. The zero-order chi connectivity index (χ0) is 18.4. The Balaban J connectivity index is 1.62. The van der Waals surface area contributed by atoms with Crippen molar-refractivity contribution < 1.29 is 13.2 Å². The van der Waals surface area contributed by atoms with Gasteiger partial charge in [-0.05, 0) is 42.9 Å². The van der Waals surface area contributed by atoms with E-state index in [4.69, 9.17) is 0 Å². The molecular weight excluding hydrogens is 368 g/mol. The largest absolute Gasteiger partial charge is 0.302 e. The maximum Gasteiger partial charge on any atom is 0.230 e. The van der Waals surface area contributed by atoms with Crippen molar-refractivity contribution >= 4 is 32.2 Å². The molecule has 5 nitrogen and oxygen atoms in total. The highest BCUT2D eigenvalue weighted by Gasteiger charge is 2.63. The molecule has 2 aromatic rings. The summed E-state index contributed by atoms with van der Waals surface area (Å²) in [5.74, 6) is 0.441. The second kappa shape index (κ2) is 6.46. The number of sulfone groups is 1. The number of thiazole rings is 1. The lowest BCUT2D eigenvalue weighted by Gasteiger charge is -2.25. The summed E-state index contributed by atoms with van der Waals surface area (Å²) < 4.78 is 23.5. The highest BCUT2D eigenvalue weighted by atomic mass is 32.2. The van der Waals surface area contributed by atoms with Crippen molar-refractivity contribution in [1.29, 1.82) is 0 Å². The maximum atomic E-state index is 12.8. The van der Waals surface area contributed by atoms with Gasteiger partial charge in [-0.1, -0.05) is 25.0 Å². The van der Waals surface area contributed by atoms with Crippen LogP contribution in [0.2, 0.25) is 0 Å². The average Bonchev–Trinajstić information content (AvgIpc) is 2.97. The number of nitrogens with zero attached hydrogens (tertiary/aromatic N) is 1. The number of carbonyl (C=O) groups excluding carboxylic acids is 1. The van der Waals surface area contributed by atoms with Crippen molar-refractivity contribution in [3.8, 4) is 0 Å². The number of anilines is 1. The third-order valence-corrected chi connectivity index (χ3v) is 7.70. The van der Waals surface area contributed by atoms with E-state index in [0.717, 1.165) is 24.8 Å². The second-order valence-corrected chi connectivity index (χ2v) is 10.3. The third kappa shape index (κ3) is 3.07. The van der Waals surface area contributed by atoms with Crippen molar-refractivity contribution in [2.75, 3.05) is 11.6 Å². The summed E-state index contributed by atoms with van der Waals surface area (Å²) in [5.41, 5.74) is 0.935. The number of hydrogen-bond acceptors (Lipinski definition) is 5. The Morgan fingerprint density at radius 2 is 1.92 bits per heavy atom. The summed E-state index contributed by atoms with van der Waals surface area (Å²) in [5, 5.41) is 5.42. The van der Waals surface area contributed by atoms with Crippen LogP contribution in [0.5, 0.6) is 0 Å². The van der Waals surface area contributed by atoms with Crippen LogP contribution in [-0.2, 0) is 20.0 Å². The monoisotopic (exact) mass is 390 g/mol. The first-order chi connectivity index (χ1) is 12.4. The SMILES string of the molecule is CS(=O)(=O)c1ccc(C2(C3CCCC3)CC2C(=O)Nc2nccs2)cc1. The minimum Gasteiger partial charge on any atom is -0.302 e. The average molecular weight is 391 g/mol. The lowest BCUT2D eigenvalue weighted by Crippen LogP contribution is -2.26. The normalized spacial score (nSPS) is 26.0. The molecule has 26 heavy (non-hydrogen) atoms. The quantitative estimate of drug-likeness (QED) is 0.846. The van der Waals surface area contributed by atoms with Gasteiger partial charge in [-0.2, -0.15) is 0 Å². The predicted molar refractivity (Wildman–Crippen MR) is 102 cm³/mol. The van der Waals surface area contributed by atoms with Crippen LogP contribution in [0.4, 0.5) is 5.13 Å². The minimum absolute atomic E-state index is 0.0269. The van der Waals surface area contributed by atoms with Crippen LogP contribution in [0.3, 0.4) is 0 Å². The molecule has 138 valence electrons. The van der Waals surface area contributed by atoms with Gasteiger partial charge in [0.1, 0.15) is 0 Å². The van der Waals surface area contributed by atoms with E-state index in [2.05, 4.69) is 10.3 Å². The van der Waals surface area contributed by atoms with Gasteiger partial charge < -0.3 is 5.32 Å². The zero-order valence-electron chi connectivity index (χ0n) is 14.6. The molecule has 2 atom stereocenters. The lowest BCUT2D eigenvalue weighted by molar-refractivity contribution is -0.118. The van der Waals surface area contributed by atoms with Crippen LogP contribution >= 0.6 is 11.3 Å². The van der Waals surface area contributed by atoms with Gasteiger partial charge >= 0.3 is 0 Å². The summed E-state index contributed by atoms with van der Waals surface area (Å²) in [6.07, 6.45) is 8.40. The Labute approximate surface area is 157 Å². The molecule has 7 heteroatoms. The van der Waals surface area contributed by atoms with E-state index < -0.39 is 9.84 Å². The topological polar surface area (TPSA) is 76.1 Å². The fraction of sp³-hybridized carbons (Fsp3) is 0.474. The Bertz CT molecular complexity index is 901. The first-order valence-corrected chi connectivity index (χ1v) is 11.7. The molecule has 2 aliphatic carbocycles. The fourth-order valence-corrected chi connectivity index (χ4v) is 5.70. The summed E-state index contributed by atoms with van der Waals surface area (Å²) in [6.45, 7) is 0. The second-order valence-electron chi connectivity index (χ2n) is 7.40. The molecule has 0 aliphatic heterocycles. The molecular formula is C19H22N2O3S2. The Hall–Kier alpha value is -1.73. The van der Waals surface area contributed by atoms with Crippen LogP contribution in [0.25, 0.3) is 0 Å². The summed E-state index contributed by atoms with van der Waals surface area (Å²) >= 11 is 1.42. The Morgan fingerprint density at radius 3 is 2.50 bits per heavy atom. The van der Waals surface area contributed by atoms with Crippen LogP contribution in [0.15, 0.2) is 40.7 Å². The smallest absolute Gasteiger partial charge is 0.230 e. The molecule has 2 unspecified atom stereocenters. The minimum atomic E-state index is -3.21. The Kier molecular flexibility index (Phi) is 4.39. The molecule has 1 amide bonds. The zero-order valence-corrected chi connectivity index (χ0v) is 16.3. The summed E-state index contributed by atoms with van der Waals surface area (Å²) in [4.78, 5) is 17.3. The standard InChI is InChI=1S/C19H22N2O3S2/c1-26(23,24)15-8-6-14(7-9-15)19(13-4-2-3-5-13)12-16(19)17(22)21-18-20-10-11-25-18/h6-11,13,16H,2-5,12H2,1H3,(H,20,21,22). The van der Waals surface area contributed by atoms with Gasteiger partial charge in [0.05, 0.1) is 4.90 Å². The fourth-order valence-electron chi connectivity index (χ4n) is 4.54. The van der Waals surface area contributed by atoms with Crippen molar-refractivity contribution in [2.24, 2.45) is 11.8 Å². The number of carbonyl (C=O) groups is 1. The number of aromatic nitrogens is 1. The molecule has 0 radical (unpaired) electrons. The molecule has 1 heterocycles. The van der Waals surface area contributed by atoms with Crippen molar-refractivity contribution in [1.82, 2.24) is 4.98 Å². The van der Waals surface area contributed by atoms with Crippen molar-refractivity contribution in [2.45, 2.75) is 42.4 Å². The highest BCUT2D eigenvalue weighted by Crippen LogP contribution is 2.63. The summed E-state index contributed by atoms with van der Waals surface area (Å²) in [6, 6.07) is 7.17. The molecule has 1 aromatic heterocycles. The molecule has 2 fully saturated rings. The molecule has 0 bridgehead atoms. The number of amides is 1. The molecule has 0 spiro atoms. The van der Waals surface area contributed by atoms with Gasteiger partial charge in [-0.15, -0.1) is 11.3 Å². The molecule has 4 rings (SSSR count). The van der Waals surface area contributed by atoms with Crippen LogP contribution < -0.4 is 5.32 Å². The highest BCUT2D eigenvalue weighted by molar-refractivity contribution is 7.90. The van der Waals surface area contributed by atoms with E-state index >= 15 is 0 Å². The van der Waals surface area contributed by atoms with Crippen LogP contribution in [0.1, 0.15) is 37.7 Å². The van der Waals surface area contributed by atoms with Crippen LogP contribution in [-0.4, -0.2) is 25.6 Å². The number of hydrogen-bond donors (Lipinski definition) is 1.